The number of amides is 4. The summed E-state index contributed by atoms with van der Waals surface area (Å²) in [5.41, 5.74) is 3.88. The number of urea groups is 1. The molecule has 0 radical (unpaired) electrons. The van der Waals surface area contributed by atoms with E-state index in [9.17, 15) is 14.4 Å². The van der Waals surface area contributed by atoms with E-state index in [0.717, 1.165) is 16.7 Å². The molecule has 7 heteroatoms. The zero-order chi connectivity index (χ0) is 24.4. The Hall–Kier alpha value is -3.61. The second kappa shape index (κ2) is 9.71. The number of nitrogens with one attached hydrogen (secondary N) is 2. The number of carbonyl (C=O) groups is 3. The summed E-state index contributed by atoms with van der Waals surface area (Å²) in [6, 6.07) is 15.6. The van der Waals surface area contributed by atoms with Gasteiger partial charge in [0.2, 0.25) is 5.91 Å². The van der Waals surface area contributed by atoms with Crippen LogP contribution in [0.15, 0.2) is 65.9 Å². The molecule has 2 aliphatic rings. The molecule has 2 atom stereocenters. The molecule has 0 aliphatic carbocycles. The third-order valence-corrected chi connectivity index (χ3v) is 6.34. The van der Waals surface area contributed by atoms with Crippen LogP contribution in [0.4, 0.5) is 4.79 Å². The number of rotatable bonds is 7. The van der Waals surface area contributed by atoms with Gasteiger partial charge in [-0.25, -0.2) is 4.79 Å². The summed E-state index contributed by atoms with van der Waals surface area (Å²) >= 11 is 0. The Balaban J connectivity index is 1.74. The van der Waals surface area contributed by atoms with Gasteiger partial charge in [0.1, 0.15) is 6.04 Å². The Labute approximate surface area is 200 Å². The minimum atomic E-state index is -0.787. The second-order valence-electron chi connectivity index (χ2n) is 9.28. The highest BCUT2D eigenvalue weighted by molar-refractivity contribution is 6.03. The lowest BCUT2D eigenvalue weighted by Gasteiger charge is -2.33. The van der Waals surface area contributed by atoms with Crippen molar-refractivity contribution < 1.29 is 14.4 Å². The van der Waals surface area contributed by atoms with Crippen molar-refractivity contribution in [3.8, 4) is 0 Å². The maximum Gasteiger partial charge on any atom is 0.322 e. The minimum absolute atomic E-state index is 0.201. The molecule has 0 saturated heterocycles. The summed E-state index contributed by atoms with van der Waals surface area (Å²) in [5.74, 6) is -0.167. The van der Waals surface area contributed by atoms with Crippen LogP contribution >= 0.6 is 0 Å². The smallest absolute Gasteiger partial charge is 0.322 e. The summed E-state index contributed by atoms with van der Waals surface area (Å²) in [6.45, 7) is 9.09. The van der Waals surface area contributed by atoms with Crippen molar-refractivity contribution in [3.05, 3.63) is 82.6 Å². The Kier molecular flexibility index (Phi) is 6.72. The average Bonchev–Trinajstić information content (AvgIpc) is 3.15. The molecule has 0 fully saturated rings. The first-order valence-corrected chi connectivity index (χ1v) is 11.8. The van der Waals surface area contributed by atoms with E-state index in [0.29, 0.717) is 24.4 Å². The van der Waals surface area contributed by atoms with Gasteiger partial charge in [-0.05, 0) is 30.9 Å². The van der Waals surface area contributed by atoms with Crippen LogP contribution in [0.3, 0.4) is 0 Å². The fourth-order valence-corrected chi connectivity index (χ4v) is 4.57. The topological polar surface area (TPSA) is 81.8 Å². The molecule has 7 nitrogen and oxygen atoms in total. The van der Waals surface area contributed by atoms with Crippen LogP contribution in [0.1, 0.15) is 49.5 Å². The molecule has 2 aromatic rings. The van der Waals surface area contributed by atoms with E-state index in [-0.39, 0.29) is 30.3 Å². The molecule has 2 heterocycles. The van der Waals surface area contributed by atoms with Crippen molar-refractivity contribution in [2.75, 3.05) is 19.6 Å². The molecule has 178 valence electrons. The first-order valence-electron chi connectivity index (χ1n) is 11.8. The zero-order valence-corrected chi connectivity index (χ0v) is 20.2. The Morgan fingerprint density at radius 1 is 1.09 bits per heavy atom. The molecule has 0 aromatic heterocycles. The van der Waals surface area contributed by atoms with Gasteiger partial charge in [-0.2, -0.15) is 0 Å². The molecule has 2 N–H and O–H groups in total. The van der Waals surface area contributed by atoms with Gasteiger partial charge >= 0.3 is 6.03 Å². The number of aryl methyl sites for hydroxylation is 1. The Morgan fingerprint density at radius 2 is 1.76 bits per heavy atom. The second-order valence-corrected chi connectivity index (χ2v) is 9.28. The van der Waals surface area contributed by atoms with Gasteiger partial charge in [0, 0.05) is 13.1 Å². The summed E-state index contributed by atoms with van der Waals surface area (Å²) in [4.78, 5) is 43.5. The summed E-state index contributed by atoms with van der Waals surface area (Å²) in [7, 11) is 0. The fraction of sp³-hybridized carbons (Fsp3) is 0.370. The summed E-state index contributed by atoms with van der Waals surface area (Å²) in [6.07, 6.45) is 0. The molecule has 2 aromatic carbocycles. The largest absolute Gasteiger partial charge is 0.354 e. The molecule has 0 bridgehead atoms. The van der Waals surface area contributed by atoms with Crippen LogP contribution in [0.5, 0.6) is 0 Å². The maximum absolute atomic E-state index is 13.9. The standard InChI is InChI=1S/C27H32N4O3/c1-5-30-21-16-31(24(20-9-7-6-8-10-20)25(32)28-15-17(2)3)26(33)22(21)23(29-27(30)34)19-13-11-18(4)12-14-19/h6-14,17,23-24H,5,15-16H2,1-4H3,(H,28,32)(H,29,34)/t23-,24+/m0/s1. The van der Waals surface area contributed by atoms with Crippen molar-refractivity contribution in [2.24, 2.45) is 5.92 Å². The number of likely N-dealkylation sites (N-methyl/N-ethyl adjacent to an activating group) is 1. The highest BCUT2D eigenvalue weighted by Gasteiger charge is 2.47. The van der Waals surface area contributed by atoms with Gasteiger partial charge in [-0.1, -0.05) is 74.0 Å². The monoisotopic (exact) mass is 460 g/mol. The summed E-state index contributed by atoms with van der Waals surface area (Å²) < 4.78 is 0. The van der Waals surface area contributed by atoms with Crippen LogP contribution in [-0.2, 0) is 9.59 Å². The predicted molar refractivity (Wildman–Crippen MR) is 131 cm³/mol. The lowest BCUT2D eigenvalue weighted by Crippen LogP contribution is -2.47. The third-order valence-electron chi connectivity index (χ3n) is 6.34. The van der Waals surface area contributed by atoms with Crippen molar-refractivity contribution >= 4 is 17.8 Å². The lowest BCUT2D eigenvalue weighted by atomic mass is 9.95. The molecule has 0 unspecified atom stereocenters. The molecule has 0 saturated carbocycles. The van der Waals surface area contributed by atoms with Crippen LogP contribution in [0.25, 0.3) is 0 Å². The van der Waals surface area contributed by atoms with Crippen LogP contribution < -0.4 is 10.6 Å². The Morgan fingerprint density at radius 3 is 2.38 bits per heavy atom. The van der Waals surface area contributed by atoms with Crippen LogP contribution in [-0.4, -0.2) is 47.3 Å². The minimum Gasteiger partial charge on any atom is -0.354 e. The normalized spacial score (nSPS) is 18.8. The van der Waals surface area contributed by atoms with E-state index in [1.54, 1.807) is 9.80 Å². The average molecular weight is 461 g/mol. The molecular weight excluding hydrogens is 428 g/mol. The zero-order valence-electron chi connectivity index (χ0n) is 20.2. The molecule has 4 amide bonds. The molecular formula is C27H32N4O3. The van der Waals surface area contributed by atoms with Crippen molar-refractivity contribution in [2.45, 2.75) is 39.8 Å². The van der Waals surface area contributed by atoms with Gasteiger partial charge in [0.15, 0.2) is 0 Å². The molecule has 2 aliphatic heterocycles. The van der Waals surface area contributed by atoms with Gasteiger partial charge in [0.05, 0.1) is 23.9 Å². The van der Waals surface area contributed by atoms with Gasteiger partial charge in [-0.15, -0.1) is 0 Å². The molecule has 4 rings (SSSR count). The number of nitrogens with zero attached hydrogens (tertiary/aromatic N) is 2. The van der Waals surface area contributed by atoms with E-state index in [1.807, 2.05) is 82.3 Å². The number of benzene rings is 2. The number of carbonyl (C=O) groups excluding carboxylic acids is 3. The SMILES string of the molecule is CCN1C(=O)N[C@@H](c2ccc(C)cc2)C2=C1CN([C@@H](C(=O)NCC(C)C)c1ccccc1)C2=O. The van der Waals surface area contributed by atoms with Crippen LogP contribution in [0, 0.1) is 12.8 Å². The van der Waals surface area contributed by atoms with Gasteiger partial charge in [0.25, 0.3) is 5.91 Å². The van der Waals surface area contributed by atoms with Gasteiger partial charge in [-0.3, -0.25) is 14.5 Å². The van der Waals surface area contributed by atoms with Crippen LogP contribution in [0.2, 0.25) is 0 Å². The van der Waals surface area contributed by atoms with Crippen molar-refractivity contribution in [1.29, 1.82) is 0 Å². The highest BCUT2D eigenvalue weighted by atomic mass is 16.2. The van der Waals surface area contributed by atoms with Crippen molar-refractivity contribution in [1.82, 2.24) is 20.4 Å². The van der Waals surface area contributed by atoms with Gasteiger partial charge < -0.3 is 15.5 Å². The predicted octanol–water partition coefficient (Wildman–Crippen LogP) is 3.69. The fourth-order valence-electron chi connectivity index (χ4n) is 4.57. The van der Waals surface area contributed by atoms with E-state index in [4.69, 9.17) is 0 Å². The van der Waals surface area contributed by atoms with E-state index in [1.165, 1.54) is 0 Å². The molecule has 34 heavy (non-hydrogen) atoms. The van der Waals surface area contributed by atoms with E-state index < -0.39 is 12.1 Å². The number of hydrogen-bond donors (Lipinski definition) is 2. The first kappa shape index (κ1) is 23.5. The van der Waals surface area contributed by atoms with Crippen molar-refractivity contribution in [3.63, 3.8) is 0 Å². The third kappa shape index (κ3) is 4.42. The van der Waals surface area contributed by atoms with E-state index in [2.05, 4.69) is 10.6 Å². The quantitative estimate of drug-likeness (QED) is 0.661. The Bertz CT molecular complexity index is 1110. The lowest BCUT2D eigenvalue weighted by molar-refractivity contribution is -0.136. The van der Waals surface area contributed by atoms with E-state index >= 15 is 0 Å². The maximum atomic E-state index is 13.9. The number of hydrogen-bond acceptors (Lipinski definition) is 3. The highest BCUT2D eigenvalue weighted by Crippen LogP contribution is 2.39. The first-order chi connectivity index (χ1) is 16.3. The summed E-state index contributed by atoms with van der Waals surface area (Å²) in [5, 5.41) is 6.00. The molecule has 0 spiro atoms.